The minimum Gasteiger partial charge on any atom is -0.411 e. The highest BCUT2D eigenvalue weighted by molar-refractivity contribution is 9.10. The molecule has 0 atom stereocenters. The zero-order chi connectivity index (χ0) is 17.0. The van der Waals surface area contributed by atoms with Crippen LogP contribution in [0.3, 0.4) is 0 Å². The molecule has 0 bridgehead atoms. The first-order valence-electron chi connectivity index (χ1n) is 7.27. The lowest BCUT2D eigenvalue weighted by atomic mass is 10.2. The van der Waals surface area contributed by atoms with Crippen LogP contribution in [0, 0.1) is 0 Å². The molecule has 0 aliphatic heterocycles. The van der Waals surface area contributed by atoms with Gasteiger partial charge in [-0.2, -0.15) is 0 Å². The van der Waals surface area contributed by atoms with E-state index in [4.69, 9.17) is 9.16 Å². The topological polar surface area (TPSA) is 18.5 Å². The van der Waals surface area contributed by atoms with Crippen molar-refractivity contribution < 1.29 is 17.9 Å². The lowest BCUT2D eigenvalue weighted by molar-refractivity contribution is -0.107. The van der Waals surface area contributed by atoms with Crippen LogP contribution in [-0.4, -0.2) is 27.5 Å². The first kappa shape index (κ1) is 19.7. The largest absolute Gasteiger partial charge is 0.411 e. The van der Waals surface area contributed by atoms with Crippen molar-refractivity contribution in [2.45, 2.75) is 51.4 Å². The molecule has 0 aliphatic carbocycles. The van der Waals surface area contributed by atoms with Crippen molar-refractivity contribution in [3.63, 3.8) is 0 Å². The molecule has 1 aromatic carbocycles. The van der Waals surface area contributed by atoms with Crippen molar-refractivity contribution >= 4 is 24.2 Å². The maximum absolute atomic E-state index is 13.9. The first-order chi connectivity index (χ1) is 9.93. The zero-order valence-electron chi connectivity index (χ0n) is 13.9. The zero-order valence-corrected chi connectivity index (χ0v) is 16.5. The standard InChI is InChI=1S/C16H25BrF2O2Si/c1-15(2,3)22(4,5)21-12-16(18,19)11-20-10-13-6-8-14(17)9-7-13/h6-9H,10-12H2,1-5H3. The summed E-state index contributed by atoms with van der Waals surface area (Å²) >= 11 is 3.33. The van der Waals surface area contributed by atoms with Crippen LogP contribution in [0.4, 0.5) is 8.78 Å². The Balaban J connectivity index is 2.42. The van der Waals surface area contributed by atoms with E-state index < -0.39 is 27.5 Å². The van der Waals surface area contributed by atoms with E-state index in [1.165, 1.54) is 0 Å². The Bertz CT molecular complexity index is 470. The molecule has 0 saturated carbocycles. The minimum atomic E-state index is -2.97. The van der Waals surface area contributed by atoms with E-state index >= 15 is 0 Å². The highest BCUT2D eigenvalue weighted by atomic mass is 79.9. The molecule has 0 saturated heterocycles. The predicted octanol–water partition coefficient (Wildman–Crippen LogP) is 5.62. The van der Waals surface area contributed by atoms with E-state index in [1.807, 2.05) is 58.1 Å². The van der Waals surface area contributed by atoms with Crippen molar-refractivity contribution in [3.8, 4) is 0 Å². The molecule has 1 aromatic rings. The van der Waals surface area contributed by atoms with Crippen LogP contribution in [0.25, 0.3) is 0 Å². The molecule has 0 aliphatic rings. The molecule has 0 heterocycles. The van der Waals surface area contributed by atoms with Gasteiger partial charge in [0.15, 0.2) is 8.32 Å². The Hall–Kier alpha value is -0.303. The summed E-state index contributed by atoms with van der Waals surface area (Å²) in [7, 11) is -2.16. The van der Waals surface area contributed by atoms with Gasteiger partial charge in [0.2, 0.25) is 0 Å². The predicted molar refractivity (Wildman–Crippen MR) is 91.9 cm³/mol. The smallest absolute Gasteiger partial charge is 0.292 e. The van der Waals surface area contributed by atoms with Crippen molar-refractivity contribution in [3.05, 3.63) is 34.3 Å². The number of hydrogen-bond donors (Lipinski definition) is 0. The summed E-state index contributed by atoms with van der Waals surface area (Å²) in [6.45, 7) is 8.98. The first-order valence-corrected chi connectivity index (χ1v) is 11.0. The Labute approximate surface area is 141 Å². The number of rotatable bonds is 7. The van der Waals surface area contributed by atoms with E-state index in [2.05, 4.69) is 15.9 Å². The van der Waals surface area contributed by atoms with Crippen LogP contribution in [0.1, 0.15) is 26.3 Å². The maximum Gasteiger partial charge on any atom is 0.292 e. The molecule has 126 valence electrons. The number of hydrogen-bond acceptors (Lipinski definition) is 2. The van der Waals surface area contributed by atoms with Gasteiger partial charge in [-0.15, -0.1) is 0 Å². The van der Waals surface area contributed by atoms with Gasteiger partial charge in [0.25, 0.3) is 5.92 Å². The summed E-state index contributed by atoms with van der Waals surface area (Å²) in [5.74, 6) is -2.97. The number of ether oxygens (including phenoxy) is 1. The van der Waals surface area contributed by atoms with Crippen LogP contribution in [0.5, 0.6) is 0 Å². The molecular weight excluding hydrogens is 370 g/mol. The third kappa shape index (κ3) is 6.44. The summed E-state index contributed by atoms with van der Waals surface area (Å²) < 4.78 is 39.4. The van der Waals surface area contributed by atoms with Crippen molar-refractivity contribution in [1.29, 1.82) is 0 Å². The number of alkyl halides is 2. The van der Waals surface area contributed by atoms with Gasteiger partial charge in [0.1, 0.15) is 13.2 Å². The van der Waals surface area contributed by atoms with Crippen LogP contribution in [-0.2, 0) is 15.8 Å². The van der Waals surface area contributed by atoms with Gasteiger partial charge in [0.05, 0.1) is 6.61 Å². The van der Waals surface area contributed by atoms with Gasteiger partial charge >= 0.3 is 0 Å². The Morgan fingerprint density at radius 2 is 1.59 bits per heavy atom. The third-order valence-electron chi connectivity index (χ3n) is 3.95. The SMILES string of the molecule is CC(C)(C)[Si](C)(C)OCC(F)(F)COCc1ccc(Br)cc1. The molecule has 22 heavy (non-hydrogen) atoms. The fourth-order valence-corrected chi connectivity index (χ4v) is 2.71. The van der Waals surface area contributed by atoms with Gasteiger partial charge in [-0.1, -0.05) is 48.8 Å². The third-order valence-corrected chi connectivity index (χ3v) is 8.95. The van der Waals surface area contributed by atoms with Gasteiger partial charge in [-0.25, -0.2) is 8.78 Å². The molecule has 0 N–H and O–H groups in total. The summed E-state index contributed by atoms with van der Waals surface area (Å²) in [6.07, 6.45) is 0. The van der Waals surface area contributed by atoms with Crippen LogP contribution in [0.2, 0.25) is 18.1 Å². The Morgan fingerprint density at radius 3 is 2.09 bits per heavy atom. The molecule has 2 nitrogen and oxygen atoms in total. The van der Waals surface area contributed by atoms with E-state index in [9.17, 15) is 8.78 Å². The molecule has 0 radical (unpaired) electrons. The van der Waals surface area contributed by atoms with Crippen LogP contribution < -0.4 is 0 Å². The van der Waals surface area contributed by atoms with Gasteiger partial charge in [-0.05, 0) is 35.8 Å². The molecule has 0 fully saturated rings. The van der Waals surface area contributed by atoms with Gasteiger partial charge in [-0.3, -0.25) is 0 Å². The average molecular weight is 395 g/mol. The lowest BCUT2D eigenvalue weighted by Crippen LogP contribution is -2.44. The number of benzene rings is 1. The Kier molecular flexibility index (Phi) is 6.74. The average Bonchev–Trinajstić information content (AvgIpc) is 2.38. The normalized spacial score (nSPS) is 13.5. The van der Waals surface area contributed by atoms with Crippen molar-refractivity contribution in [2.24, 2.45) is 0 Å². The van der Waals surface area contributed by atoms with E-state index in [-0.39, 0.29) is 11.6 Å². The van der Waals surface area contributed by atoms with Crippen LogP contribution in [0.15, 0.2) is 28.7 Å². The molecule has 1 rings (SSSR count). The van der Waals surface area contributed by atoms with Gasteiger partial charge < -0.3 is 9.16 Å². The summed E-state index contributed by atoms with van der Waals surface area (Å²) in [5, 5.41) is -0.0820. The fraction of sp³-hybridized carbons (Fsp3) is 0.625. The molecule has 6 heteroatoms. The van der Waals surface area contributed by atoms with E-state index in [1.54, 1.807) is 0 Å². The second-order valence-electron chi connectivity index (χ2n) is 7.02. The monoisotopic (exact) mass is 394 g/mol. The lowest BCUT2D eigenvalue weighted by Gasteiger charge is -2.37. The van der Waals surface area contributed by atoms with Gasteiger partial charge in [0, 0.05) is 4.47 Å². The fourth-order valence-electron chi connectivity index (χ4n) is 1.44. The van der Waals surface area contributed by atoms with Crippen LogP contribution >= 0.6 is 15.9 Å². The second-order valence-corrected chi connectivity index (χ2v) is 12.7. The highest BCUT2D eigenvalue weighted by Crippen LogP contribution is 2.37. The second kappa shape index (κ2) is 7.51. The molecular formula is C16H25BrF2O2Si. The molecule has 0 aromatic heterocycles. The molecule has 0 spiro atoms. The van der Waals surface area contributed by atoms with E-state index in [0.717, 1.165) is 10.0 Å². The summed E-state index contributed by atoms with van der Waals surface area (Å²) in [6, 6.07) is 7.40. The summed E-state index contributed by atoms with van der Waals surface area (Å²) in [5.41, 5.74) is 0.865. The number of halogens is 3. The summed E-state index contributed by atoms with van der Waals surface area (Å²) in [4.78, 5) is 0. The minimum absolute atomic E-state index is 0.0820. The Morgan fingerprint density at radius 1 is 1.05 bits per heavy atom. The van der Waals surface area contributed by atoms with E-state index in [0.29, 0.717) is 0 Å². The molecule has 0 unspecified atom stereocenters. The van der Waals surface area contributed by atoms with Crippen molar-refractivity contribution in [2.75, 3.05) is 13.2 Å². The highest BCUT2D eigenvalue weighted by Gasteiger charge is 2.40. The quantitative estimate of drug-likeness (QED) is 0.558. The maximum atomic E-state index is 13.9. The van der Waals surface area contributed by atoms with Crippen molar-refractivity contribution in [1.82, 2.24) is 0 Å². The molecule has 0 amide bonds.